The maximum Gasteiger partial charge on any atom is 0.123 e. The second-order valence-corrected chi connectivity index (χ2v) is 6.08. The van der Waals surface area contributed by atoms with Crippen LogP contribution in [0.5, 0.6) is 0 Å². The van der Waals surface area contributed by atoms with Crippen LogP contribution in [-0.4, -0.2) is 37.1 Å². The van der Waals surface area contributed by atoms with E-state index >= 15 is 0 Å². The fourth-order valence-corrected chi connectivity index (χ4v) is 2.89. The van der Waals surface area contributed by atoms with Gasteiger partial charge in [0.05, 0.1) is 0 Å². The van der Waals surface area contributed by atoms with E-state index in [0.717, 1.165) is 32.6 Å². The SMILES string of the molecule is CCC1CCN(CCc2ccc(F)cc2)CC(C)CN1. The summed E-state index contributed by atoms with van der Waals surface area (Å²) >= 11 is 0. The maximum absolute atomic E-state index is 12.9. The Kier molecular flexibility index (Phi) is 5.99. The van der Waals surface area contributed by atoms with Crippen molar-refractivity contribution in [2.24, 2.45) is 5.92 Å². The topological polar surface area (TPSA) is 15.3 Å². The van der Waals surface area contributed by atoms with Gasteiger partial charge in [-0.25, -0.2) is 4.39 Å². The third-order valence-corrected chi connectivity index (χ3v) is 4.24. The Morgan fingerprint density at radius 2 is 2.05 bits per heavy atom. The number of halogens is 1. The predicted molar refractivity (Wildman–Crippen MR) is 82.4 cm³/mol. The second kappa shape index (κ2) is 7.75. The van der Waals surface area contributed by atoms with E-state index in [9.17, 15) is 4.39 Å². The van der Waals surface area contributed by atoms with E-state index in [1.807, 2.05) is 12.1 Å². The van der Waals surface area contributed by atoms with Gasteiger partial charge >= 0.3 is 0 Å². The van der Waals surface area contributed by atoms with Gasteiger partial charge in [0.2, 0.25) is 0 Å². The van der Waals surface area contributed by atoms with Crippen LogP contribution >= 0.6 is 0 Å². The van der Waals surface area contributed by atoms with E-state index < -0.39 is 0 Å². The molecule has 2 atom stereocenters. The molecule has 0 radical (unpaired) electrons. The summed E-state index contributed by atoms with van der Waals surface area (Å²) in [6, 6.07) is 7.58. The molecule has 0 spiro atoms. The molecule has 20 heavy (non-hydrogen) atoms. The number of nitrogens with one attached hydrogen (secondary N) is 1. The van der Waals surface area contributed by atoms with Gasteiger partial charge in [-0.3, -0.25) is 0 Å². The summed E-state index contributed by atoms with van der Waals surface area (Å²) in [5.41, 5.74) is 1.23. The molecule has 1 aliphatic heterocycles. The molecule has 0 amide bonds. The van der Waals surface area contributed by atoms with Crippen LogP contribution in [0.4, 0.5) is 4.39 Å². The summed E-state index contributed by atoms with van der Waals surface area (Å²) < 4.78 is 12.9. The standard InChI is InChI=1S/C17H27FN2/c1-3-17-9-11-20(13-14(2)12-19-17)10-8-15-4-6-16(18)7-5-15/h4-7,14,17,19H,3,8-13H2,1-2H3. The molecule has 0 aliphatic carbocycles. The molecule has 1 N–H and O–H groups in total. The van der Waals surface area contributed by atoms with Crippen LogP contribution in [0.3, 0.4) is 0 Å². The molecule has 1 aromatic carbocycles. The highest BCUT2D eigenvalue weighted by Gasteiger charge is 2.17. The first kappa shape index (κ1) is 15.5. The number of nitrogens with zero attached hydrogens (tertiary/aromatic N) is 1. The van der Waals surface area contributed by atoms with Crippen LogP contribution in [0.1, 0.15) is 32.3 Å². The first-order chi connectivity index (χ1) is 9.67. The van der Waals surface area contributed by atoms with Gasteiger partial charge < -0.3 is 10.2 Å². The van der Waals surface area contributed by atoms with Crippen molar-refractivity contribution >= 4 is 0 Å². The summed E-state index contributed by atoms with van der Waals surface area (Å²) in [5.74, 6) is 0.545. The maximum atomic E-state index is 12.9. The third kappa shape index (κ3) is 4.88. The number of benzene rings is 1. The third-order valence-electron chi connectivity index (χ3n) is 4.24. The smallest absolute Gasteiger partial charge is 0.123 e. The van der Waals surface area contributed by atoms with Gasteiger partial charge in [-0.05, 0) is 56.0 Å². The van der Waals surface area contributed by atoms with E-state index in [2.05, 4.69) is 24.1 Å². The monoisotopic (exact) mass is 278 g/mol. The highest BCUT2D eigenvalue weighted by molar-refractivity contribution is 5.16. The molecule has 3 heteroatoms. The van der Waals surface area contributed by atoms with Crippen LogP contribution in [0.15, 0.2) is 24.3 Å². The number of hydrogen-bond acceptors (Lipinski definition) is 2. The van der Waals surface area contributed by atoms with E-state index in [1.54, 1.807) is 12.1 Å². The van der Waals surface area contributed by atoms with Gasteiger partial charge in [0, 0.05) is 19.1 Å². The number of hydrogen-bond donors (Lipinski definition) is 1. The molecule has 0 saturated carbocycles. The molecule has 1 aromatic rings. The summed E-state index contributed by atoms with van der Waals surface area (Å²) in [5, 5.41) is 3.65. The molecule has 0 aromatic heterocycles. The largest absolute Gasteiger partial charge is 0.314 e. The average molecular weight is 278 g/mol. The molecular weight excluding hydrogens is 251 g/mol. The van der Waals surface area contributed by atoms with Crippen molar-refractivity contribution in [1.29, 1.82) is 0 Å². The van der Waals surface area contributed by atoms with Gasteiger partial charge in [0.1, 0.15) is 5.82 Å². The van der Waals surface area contributed by atoms with Crippen molar-refractivity contribution in [3.8, 4) is 0 Å². The number of rotatable bonds is 4. The molecule has 1 fully saturated rings. The Morgan fingerprint density at radius 1 is 1.30 bits per heavy atom. The minimum Gasteiger partial charge on any atom is -0.314 e. The lowest BCUT2D eigenvalue weighted by Crippen LogP contribution is -2.43. The average Bonchev–Trinajstić information content (AvgIpc) is 2.44. The van der Waals surface area contributed by atoms with Crippen LogP contribution in [0.2, 0.25) is 0 Å². The summed E-state index contributed by atoms with van der Waals surface area (Å²) in [6.07, 6.45) is 3.45. The molecular formula is C17H27FN2. The second-order valence-electron chi connectivity index (χ2n) is 6.08. The molecule has 1 saturated heterocycles. The molecule has 1 aliphatic rings. The zero-order chi connectivity index (χ0) is 14.4. The van der Waals surface area contributed by atoms with Gasteiger partial charge in [0.15, 0.2) is 0 Å². The molecule has 112 valence electrons. The van der Waals surface area contributed by atoms with Gasteiger partial charge in [-0.15, -0.1) is 0 Å². The Hall–Kier alpha value is -0.930. The Morgan fingerprint density at radius 3 is 2.75 bits per heavy atom. The van der Waals surface area contributed by atoms with Crippen molar-refractivity contribution in [3.05, 3.63) is 35.6 Å². The first-order valence-corrected chi connectivity index (χ1v) is 7.87. The highest BCUT2D eigenvalue weighted by Crippen LogP contribution is 2.11. The summed E-state index contributed by atoms with van der Waals surface area (Å²) in [6.45, 7) is 9.09. The van der Waals surface area contributed by atoms with Crippen molar-refractivity contribution < 1.29 is 4.39 Å². The summed E-state index contributed by atoms with van der Waals surface area (Å²) in [4.78, 5) is 2.57. The molecule has 0 bridgehead atoms. The Balaban J connectivity index is 1.85. The van der Waals surface area contributed by atoms with Gasteiger partial charge in [-0.1, -0.05) is 26.0 Å². The van der Waals surface area contributed by atoms with Crippen LogP contribution < -0.4 is 5.32 Å². The lowest BCUT2D eigenvalue weighted by Gasteiger charge is -2.32. The highest BCUT2D eigenvalue weighted by atomic mass is 19.1. The Bertz CT molecular complexity index is 390. The quantitative estimate of drug-likeness (QED) is 0.910. The zero-order valence-electron chi connectivity index (χ0n) is 12.7. The van der Waals surface area contributed by atoms with E-state index in [-0.39, 0.29) is 5.82 Å². The van der Waals surface area contributed by atoms with Crippen molar-refractivity contribution in [2.45, 2.75) is 39.2 Å². The van der Waals surface area contributed by atoms with E-state index in [4.69, 9.17) is 0 Å². The van der Waals surface area contributed by atoms with Crippen LogP contribution in [0.25, 0.3) is 0 Å². The van der Waals surface area contributed by atoms with Gasteiger partial charge in [-0.2, -0.15) is 0 Å². The predicted octanol–water partition coefficient (Wildman–Crippen LogP) is 3.08. The van der Waals surface area contributed by atoms with Crippen LogP contribution in [-0.2, 0) is 6.42 Å². The molecule has 2 unspecified atom stereocenters. The van der Waals surface area contributed by atoms with E-state index in [0.29, 0.717) is 12.0 Å². The lowest BCUT2D eigenvalue weighted by molar-refractivity contribution is 0.199. The van der Waals surface area contributed by atoms with Crippen molar-refractivity contribution in [2.75, 3.05) is 26.2 Å². The minimum absolute atomic E-state index is 0.148. The van der Waals surface area contributed by atoms with Crippen molar-refractivity contribution in [3.63, 3.8) is 0 Å². The van der Waals surface area contributed by atoms with Gasteiger partial charge in [0.25, 0.3) is 0 Å². The molecule has 1 heterocycles. The lowest BCUT2D eigenvalue weighted by atomic mass is 10.0. The normalized spacial score (nSPS) is 25.1. The fourth-order valence-electron chi connectivity index (χ4n) is 2.89. The fraction of sp³-hybridized carbons (Fsp3) is 0.647. The zero-order valence-corrected chi connectivity index (χ0v) is 12.7. The van der Waals surface area contributed by atoms with Crippen molar-refractivity contribution in [1.82, 2.24) is 10.2 Å². The van der Waals surface area contributed by atoms with E-state index in [1.165, 1.54) is 18.4 Å². The minimum atomic E-state index is -0.148. The molecule has 2 rings (SSSR count). The Labute approximate surface area is 122 Å². The summed E-state index contributed by atoms with van der Waals surface area (Å²) in [7, 11) is 0. The van der Waals surface area contributed by atoms with Crippen LogP contribution in [0, 0.1) is 11.7 Å². The molecule has 2 nitrogen and oxygen atoms in total. The first-order valence-electron chi connectivity index (χ1n) is 7.87.